The topological polar surface area (TPSA) is 61.8 Å². The molecular weight excluding hydrogens is 375 g/mol. The maximum Gasteiger partial charge on any atom is 0.402 e. The highest BCUT2D eigenvalue weighted by atomic mass is 31.2. The van der Waals surface area contributed by atoms with Crippen LogP contribution in [0.2, 0.25) is 0 Å². The summed E-state index contributed by atoms with van der Waals surface area (Å²) in [6, 6.07) is 25.0. The summed E-state index contributed by atoms with van der Waals surface area (Å²) >= 11 is 0. The predicted octanol–water partition coefficient (Wildman–Crippen LogP) is 5.46. The second-order valence-corrected chi connectivity index (χ2v) is 7.94. The number of hydrogen-bond acceptors (Lipinski definition) is 5. The molecule has 0 aliphatic carbocycles. The zero-order valence-corrected chi connectivity index (χ0v) is 16.4. The van der Waals surface area contributed by atoms with Crippen LogP contribution < -0.4 is 4.74 Å². The van der Waals surface area contributed by atoms with E-state index in [4.69, 9.17) is 13.8 Å². The van der Waals surface area contributed by atoms with Crippen LogP contribution in [0.1, 0.15) is 21.5 Å². The van der Waals surface area contributed by atoms with E-state index < -0.39 is 13.1 Å². The number of ether oxygens (including phenoxy) is 1. The van der Waals surface area contributed by atoms with Gasteiger partial charge in [0.2, 0.25) is 0 Å². The quantitative estimate of drug-likeness (QED) is 0.449. The van der Waals surface area contributed by atoms with E-state index in [-0.39, 0.29) is 18.8 Å². The lowest BCUT2D eigenvalue weighted by Gasteiger charge is -2.18. The molecule has 0 spiro atoms. The Labute approximate surface area is 164 Å². The molecule has 0 unspecified atom stereocenters. The van der Waals surface area contributed by atoms with Crippen LogP contribution in [0, 0.1) is 0 Å². The first-order valence-electron chi connectivity index (χ1n) is 8.77. The normalized spacial score (nSPS) is 11.2. The molecule has 0 heterocycles. The summed E-state index contributed by atoms with van der Waals surface area (Å²) in [7, 11) is -2.67. The molecule has 5 nitrogen and oxygen atoms in total. The lowest BCUT2D eigenvalue weighted by Crippen LogP contribution is -2.09. The molecule has 28 heavy (non-hydrogen) atoms. The van der Waals surface area contributed by atoms with Gasteiger partial charge in [-0.1, -0.05) is 72.8 Å². The standard InChI is InChI=1S/C22H21O5P/c1-25-21-15-9-8-14-20(21)22(23)28(24,26-16-18-10-4-2-5-11-18)27-17-19-12-6-3-7-13-19/h2-15H,16-17H2,1H3. The number of para-hydroxylation sites is 1. The Morgan fingerprint density at radius 1 is 0.750 bits per heavy atom. The van der Waals surface area contributed by atoms with Crippen molar-refractivity contribution in [1.29, 1.82) is 0 Å². The maximum absolute atomic E-state index is 13.5. The first kappa shape index (κ1) is 20.0. The van der Waals surface area contributed by atoms with Crippen LogP contribution in [0.15, 0.2) is 84.9 Å². The van der Waals surface area contributed by atoms with E-state index in [1.165, 1.54) is 7.11 Å². The summed E-state index contributed by atoms with van der Waals surface area (Å²) in [5.74, 6) is 0.319. The van der Waals surface area contributed by atoms with Crippen molar-refractivity contribution in [2.75, 3.05) is 7.11 Å². The third-order valence-electron chi connectivity index (χ3n) is 4.07. The van der Waals surface area contributed by atoms with E-state index in [0.717, 1.165) is 11.1 Å². The molecule has 0 N–H and O–H groups in total. The molecule has 144 valence electrons. The maximum atomic E-state index is 13.5. The van der Waals surface area contributed by atoms with E-state index >= 15 is 0 Å². The summed E-state index contributed by atoms with van der Waals surface area (Å²) in [5, 5.41) is 0. The van der Waals surface area contributed by atoms with Gasteiger partial charge in [-0.2, -0.15) is 0 Å². The van der Waals surface area contributed by atoms with Crippen LogP contribution in [0.5, 0.6) is 5.75 Å². The van der Waals surface area contributed by atoms with Crippen LogP contribution in [0.25, 0.3) is 0 Å². The van der Waals surface area contributed by atoms with Crippen LogP contribution in [0.4, 0.5) is 0 Å². The predicted molar refractivity (Wildman–Crippen MR) is 107 cm³/mol. The molecule has 0 radical (unpaired) electrons. The average molecular weight is 396 g/mol. The molecule has 0 saturated carbocycles. The van der Waals surface area contributed by atoms with Crippen molar-refractivity contribution in [3.8, 4) is 5.75 Å². The van der Waals surface area contributed by atoms with Crippen molar-refractivity contribution in [3.05, 3.63) is 102 Å². The molecule has 0 amide bonds. The van der Waals surface area contributed by atoms with E-state index in [9.17, 15) is 9.36 Å². The van der Waals surface area contributed by atoms with Crippen LogP contribution in [-0.2, 0) is 26.8 Å². The third kappa shape index (κ3) is 4.96. The number of benzene rings is 3. The summed E-state index contributed by atoms with van der Waals surface area (Å²) in [6.07, 6.45) is 0. The minimum Gasteiger partial charge on any atom is -0.496 e. The van der Waals surface area contributed by atoms with Gasteiger partial charge < -0.3 is 4.74 Å². The van der Waals surface area contributed by atoms with Gasteiger partial charge >= 0.3 is 7.60 Å². The molecule has 3 rings (SSSR count). The second-order valence-electron chi connectivity index (χ2n) is 6.02. The molecule has 0 saturated heterocycles. The van der Waals surface area contributed by atoms with Gasteiger partial charge in [-0.15, -0.1) is 0 Å². The number of carbonyl (C=O) groups is 1. The van der Waals surface area contributed by atoms with Gasteiger partial charge in [-0.05, 0) is 23.3 Å². The van der Waals surface area contributed by atoms with Crippen LogP contribution >= 0.6 is 7.60 Å². The van der Waals surface area contributed by atoms with Crippen LogP contribution in [-0.4, -0.2) is 12.6 Å². The highest BCUT2D eigenvalue weighted by Crippen LogP contribution is 2.53. The van der Waals surface area contributed by atoms with Gasteiger partial charge in [-0.25, -0.2) is 0 Å². The largest absolute Gasteiger partial charge is 0.496 e. The molecule has 0 atom stereocenters. The Morgan fingerprint density at radius 3 is 1.71 bits per heavy atom. The molecule has 6 heteroatoms. The lowest BCUT2D eigenvalue weighted by molar-refractivity contribution is 0.0980. The van der Waals surface area contributed by atoms with Crippen molar-refractivity contribution in [2.45, 2.75) is 13.2 Å². The number of methoxy groups -OCH3 is 1. The van der Waals surface area contributed by atoms with Gasteiger partial charge in [0.05, 0.1) is 25.9 Å². The van der Waals surface area contributed by atoms with Gasteiger partial charge in [0.25, 0.3) is 5.52 Å². The highest BCUT2D eigenvalue weighted by molar-refractivity contribution is 7.72. The molecule has 0 aliphatic heterocycles. The fourth-order valence-electron chi connectivity index (χ4n) is 2.59. The van der Waals surface area contributed by atoms with Crippen molar-refractivity contribution in [1.82, 2.24) is 0 Å². The second kappa shape index (κ2) is 9.47. The van der Waals surface area contributed by atoms with E-state index in [1.807, 2.05) is 60.7 Å². The number of rotatable bonds is 9. The first-order chi connectivity index (χ1) is 13.6. The SMILES string of the molecule is COc1ccccc1C(=O)P(=O)(OCc1ccccc1)OCc1ccccc1. The number of hydrogen-bond donors (Lipinski definition) is 0. The Balaban J connectivity index is 1.86. The molecule has 0 bridgehead atoms. The Hall–Kier alpha value is -2.72. The van der Waals surface area contributed by atoms with E-state index in [2.05, 4.69) is 0 Å². The van der Waals surface area contributed by atoms with Crippen molar-refractivity contribution in [3.63, 3.8) is 0 Å². The summed E-state index contributed by atoms with van der Waals surface area (Å²) in [5.41, 5.74) is 1.02. The van der Waals surface area contributed by atoms with Gasteiger partial charge in [0, 0.05) is 0 Å². The molecule has 3 aromatic carbocycles. The van der Waals surface area contributed by atoms with Gasteiger partial charge in [0.1, 0.15) is 5.75 Å². The molecule has 0 fully saturated rings. The molecule has 0 aliphatic rings. The van der Waals surface area contributed by atoms with Gasteiger partial charge in [-0.3, -0.25) is 18.4 Å². The van der Waals surface area contributed by atoms with E-state index in [0.29, 0.717) is 5.75 Å². The summed E-state index contributed by atoms with van der Waals surface area (Å²) in [6.45, 7) is -0.0123. The summed E-state index contributed by atoms with van der Waals surface area (Å²) in [4.78, 5) is 13.1. The zero-order chi connectivity index (χ0) is 19.8. The highest BCUT2D eigenvalue weighted by Gasteiger charge is 2.37. The Morgan fingerprint density at radius 2 is 1.21 bits per heavy atom. The number of carbonyl (C=O) groups excluding carboxylic acids is 1. The summed E-state index contributed by atoms with van der Waals surface area (Å²) < 4.78 is 29.9. The average Bonchev–Trinajstić information content (AvgIpc) is 2.77. The first-order valence-corrected chi connectivity index (χ1v) is 10.3. The van der Waals surface area contributed by atoms with E-state index in [1.54, 1.807) is 24.3 Å². The fraction of sp³-hybridized carbons (Fsp3) is 0.136. The Kier molecular flexibility index (Phi) is 6.77. The van der Waals surface area contributed by atoms with Crippen molar-refractivity contribution < 1.29 is 23.1 Å². The fourth-order valence-corrected chi connectivity index (χ4v) is 4.02. The Bertz CT molecular complexity index is 909. The van der Waals surface area contributed by atoms with Crippen molar-refractivity contribution >= 4 is 13.1 Å². The van der Waals surface area contributed by atoms with Gasteiger partial charge in [0.15, 0.2) is 0 Å². The monoisotopic (exact) mass is 396 g/mol. The van der Waals surface area contributed by atoms with Crippen molar-refractivity contribution in [2.24, 2.45) is 0 Å². The molecular formula is C22H21O5P. The molecule has 0 aromatic heterocycles. The minimum absolute atomic E-state index is 0.00615. The zero-order valence-electron chi connectivity index (χ0n) is 15.5. The minimum atomic E-state index is -4.12. The molecule has 3 aromatic rings. The smallest absolute Gasteiger partial charge is 0.402 e. The van der Waals surface area contributed by atoms with Crippen LogP contribution in [0.3, 0.4) is 0 Å². The third-order valence-corrected chi connectivity index (χ3v) is 5.75. The lowest BCUT2D eigenvalue weighted by atomic mass is 10.2.